The third-order valence-corrected chi connectivity index (χ3v) is 3.64. The summed E-state index contributed by atoms with van der Waals surface area (Å²) in [5.74, 6) is -0.937. The molecule has 24 heavy (non-hydrogen) atoms. The van der Waals surface area contributed by atoms with Crippen molar-refractivity contribution in [1.29, 1.82) is 0 Å². The smallest absolute Gasteiger partial charge is 0.258 e. The first-order valence-electron chi connectivity index (χ1n) is 7.41. The third kappa shape index (κ3) is 2.99. The van der Waals surface area contributed by atoms with Crippen LogP contribution in [0.1, 0.15) is 23.0 Å². The molecular weight excluding hydrogens is 309 g/mol. The number of fused-ring (bicyclic) bond motifs is 1. The average Bonchev–Trinajstić information content (AvgIpc) is 2.84. The van der Waals surface area contributed by atoms with Gasteiger partial charge in [0.15, 0.2) is 0 Å². The van der Waals surface area contributed by atoms with Gasteiger partial charge < -0.3 is 15.6 Å². The van der Waals surface area contributed by atoms with Crippen LogP contribution in [-0.4, -0.2) is 16.8 Å². The summed E-state index contributed by atoms with van der Waals surface area (Å²) in [5, 5.41) is 5.96. The Morgan fingerprint density at radius 2 is 1.71 bits per heavy atom. The monoisotopic (exact) mass is 325 g/mol. The molecule has 0 saturated carbocycles. The molecule has 6 heteroatoms. The predicted octanol–water partition coefficient (Wildman–Crippen LogP) is 3.83. The van der Waals surface area contributed by atoms with Gasteiger partial charge in [-0.3, -0.25) is 9.59 Å². The molecule has 1 aromatic heterocycles. The first-order chi connectivity index (χ1) is 11.5. The fourth-order valence-electron chi connectivity index (χ4n) is 2.68. The summed E-state index contributed by atoms with van der Waals surface area (Å²) in [5.41, 5.74) is 2.42. The minimum absolute atomic E-state index is 0.193. The first kappa shape index (κ1) is 15.7. The average molecular weight is 325 g/mol. The summed E-state index contributed by atoms with van der Waals surface area (Å²) >= 11 is 0. The van der Waals surface area contributed by atoms with Crippen LogP contribution in [0.3, 0.4) is 0 Å². The molecule has 0 aliphatic carbocycles. The van der Waals surface area contributed by atoms with Crippen LogP contribution in [0.25, 0.3) is 10.9 Å². The van der Waals surface area contributed by atoms with Crippen molar-refractivity contribution in [2.24, 2.45) is 0 Å². The van der Waals surface area contributed by atoms with Crippen LogP contribution in [0.5, 0.6) is 0 Å². The number of para-hydroxylation sites is 1. The van der Waals surface area contributed by atoms with Crippen LogP contribution in [0.4, 0.5) is 15.8 Å². The molecule has 0 bridgehead atoms. The van der Waals surface area contributed by atoms with Crippen LogP contribution >= 0.6 is 0 Å². The Bertz CT molecular complexity index is 947. The molecule has 0 fully saturated rings. The normalized spacial score (nSPS) is 10.6. The first-order valence-corrected chi connectivity index (χ1v) is 7.41. The van der Waals surface area contributed by atoms with E-state index in [0.29, 0.717) is 33.5 Å². The molecule has 0 aliphatic rings. The topological polar surface area (TPSA) is 74.0 Å². The Morgan fingerprint density at radius 1 is 1.04 bits per heavy atom. The van der Waals surface area contributed by atoms with Gasteiger partial charge in [0.25, 0.3) is 5.91 Å². The van der Waals surface area contributed by atoms with Crippen molar-refractivity contribution in [3.63, 3.8) is 0 Å². The highest BCUT2D eigenvalue weighted by molar-refractivity contribution is 6.14. The maximum Gasteiger partial charge on any atom is 0.258 e. The molecule has 3 aromatic rings. The van der Waals surface area contributed by atoms with E-state index in [1.807, 2.05) is 0 Å². The van der Waals surface area contributed by atoms with Gasteiger partial charge in [-0.25, -0.2) is 4.39 Å². The number of amides is 2. The van der Waals surface area contributed by atoms with E-state index in [9.17, 15) is 14.0 Å². The number of aryl methyl sites for hydroxylation is 1. The molecule has 2 amide bonds. The molecule has 0 atom stereocenters. The number of hydrogen-bond donors (Lipinski definition) is 3. The van der Waals surface area contributed by atoms with Gasteiger partial charge in [0.2, 0.25) is 5.91 Å². The molecule has 0 unspecified atom stereocenters. The summed E-state index contributed by atoms with van der Waals surface area (Å²) in [6, 6.07) is 11.4. The number of aromatic nitrogens is 1. The van der Waals surface area contributed by atoms with Crippen LogP contribution in [0.15, 0.2) is 42.5 Å². The summed E-state index contributed by atoms with van der Waals surface area (Å²) in [6.07, 6.45) is 0. The highest BCUT2D eigenvalue weighted by Crippen LogP contribution is 2.25. The number of H-pyrrole nitrogens is 1. The lowest BCUT2D eigenvalue weighted by Gasteiger charge is -2.08. The lowest BCUT2D eigenvalue weighted by molar-refractivity contribution is -0.114. The predicted molar refractivity (Wildman–Crippen MR) is 91.7 cm³/mol. The van der Waals surface area contributed by atoms with E-state index >= 15 is 0 Å². The van der Waals surface area contributed by atoms with Crippen molar-refractivity contribution in [1.82, 2.24) is 4.98 Å². The number of carbonyl (C=O) groups excluding carboxylic acids is 2. The minimum atomic E-state index is -0.401. The summed E-state index contributed by atoms with van der Waals surface area (Å²) in [7, 11) is 0. The Kier molecular flexibility index (Phi) is 4.04. The molecule has 0 spiro atoms. The summed E-state index contributed by atoms with van der Waals surface area (Å²) < 4.78 is 13.8. The van der Waals surface area contributed by atoms with Crippen LogP contribution in [0, 0.1) is 12.7 Å². The zero-order chi connectivity index (χ0) is 17.3. The van der Waals surface area contributed by atoms with E-state index in [4.69, 9.17) is 0 Å². The largest absolute Gasteiger partial charge is 0.356 e. The van der Waals surface area contributed by atoms with Gasteiger partial charge >= 0.3 is 0 Å². The van der Waals surface area contributed by atoms with E-state index in [1.54, 1.807) is 43.3 Å². The van der Waals surface area contributed by atoms with Gasteiger partial charge in [-0.2, -0.15) is 0 Å². The van der Waals surface area contributed by atoms with Crippen molar-refractivity contribution in [3.8, 4) is 0 Å². The molecule has 2 aromatic carbocycles. The number of rotatable bonds is 3. The van der Waals surface area contributed by atoms with Gasteiger partial charge in [-0.15, -0.1) is 0 Å². The number of nitrogens with one attached hydrogen (secondary N) is 3. The second-order valence-corrected chi connectivity index (χ2v) is 5.50. The number of benzene rings is 2. The molecule has 0 aliphatic heterocycles. The molecule has 5 nitrogen and oxygen atoms in total. The Hall–Kier alpha value is -3.15. The number of aromatic amines is 1. The molecule has 3 rings (SSSR count). The zero-order valence-electron chi connectivity index (χ0n) is 13.2. The molecule has 0 saturated heterocycles. The second kappa shape index (κ2) is 6.16. The van der Waals surface area contributed by atoms with Crippen molar-refractivity contribution in [2.45, 2.75) is 13.8 Å². The molecule has 0 radical (unpaired) electrons. The lowest BCUT2D eigenvalue weighted by Crippen LogP contribution is -2.13. The second-order valence-electron chi connectivity index (χ2n) is 5.50. The maximum atomic E-state index is 13.8. The fourth-order valence-corrected chi connectivity index (χ4v) is 2.68. The van der Waals surface area contributed by atoms with Crippen molar-refractivity contribution >= 4 is 34.1 Å². The number of halogens is 1. The number of anilines is 2. The van der Waals surface area contributed by atoms with Gasteiger partial charge in [0.05, 0.1) is 11.1 Å². The van der Waals surface area contributed by atoms with Gasteiger partial charge in [0, 0.05) is 29.4 Å². The van der Waals surface area contributed by atoms with Gasteiger partial charge in [0.1, 0.15) is 5.82 Å². The Morgan fingerprint density at radius 3 is 2.42 bits per heavy atom. The highest BCUT2D eigenvalue weighted by Gasteiger charge is 2.18. The minimum Gasteiger partial charge on any atom is -0.356 e. The maximum absolute atomic E-state index is 13.8. The molecule has 1 heterocycles. The molecule has 122 valence electrons. The molecule has 3 N–H and O–H groups in total. The van der Waals surface area contributed by atoms with Gasteiger partial charge in [-0.05, 0) is 31.2 Å². The molecular formula is C18H16FN3O2. The highest BCUT2D eigenvalue weighted by atomic mass is 19.1. The summed E-state index contributed by atoms with van der Waals surface area (Å²) in [6.45, 7) is 3.14. The van der Waals surface area contributed by atoms with Crippen molar-refractivity contribution in [3.05, 3.63) is 59.5 Å². The Labute approximate surface area is 137 Å². The zero-order valence-corrected chi connectivity index (χ0v) is 13.2. The van der Waals surface area contributed by atoms with E-state index in [2.05, 4.69) is 15.6 Å². The Balaban J connectivity index is 1.92. The van der Waals surface area contributed by atoms with E-state index in [0.717, 1.165) is 0 Å². The summed E-state index contributed by atoms with van der Waals surface area (Å²) in [4.78, 5) is 26.6. The van der Waals surface area contributed by atoms with Crippen LogP contribution < -0.4 is 10.6 Å². The third-order valence-electron chi connectivity index (χ3n) is 3.64. The van der Waals surface area contributed by atoms with E-state index < -0.39 is 5.82 Å². The van der Waals surface area contributed by atoms with E-state index in [1.165, 1.54) is 13.0 Å². The number of carbonyl (C=O) groups is 2. The van der Waals surface area contributed by atoms with E-state index in [-0.39, 0.29) is 11.8 Å². The quantitative estimate of drug-likeness (QED) is 0.685. The van der Waals surface area contributed by atoms with Crippen LogP contribution in [0.2, 0.25) is 0 Å². The SMILES string of the molecule is CC(=O)Nc1cccc(NC(=O)c2c(C)[nH]c3c(F)cccc23)c1. The standard InChI is InChI=1S/C18H16FN3O2/c1-10-16(14-7-4-8-15(19)17(14)20-10)18(24)22-13-6-3-5-12(9-13)21-11(2)23/h3-9,20H,1-2H3,(H,21,23)(H,22,24). The van der Waals surface area contributed by atoms with Crippen molar-refractivity contribution in [2.75, 3.05) is 10.6 Å². The van der Waals surface area contributed by atoms with Crippen molar-refractivity contribution < 1.29 is 14.0 Å². The van der Waals surface area contributed by atoms with Crippen LogP contribution in [-0.2, 0) is 4.79 Å². The lowest BCUT2D eigenvalue weighted by atomic mass is 10.1. The fraction of sp³-hybridized carbons (Fsp3) is 0.111. The van der Waals surface area contributed by atoms with Gasteiger partial charge in [-0.1, -0.05) is 18.2 Å². The number of hydrogen-bond acceptors (Lipinski definition) is 2.